The molecule has 148 heavy (non-hydrogen) atoms. The highest BCUT2D eigenvalue weighted by Crippen LogP contribution is 2.54. The van der Waals surface area contributed by atoms with Crippen molar-refractivity contribution in [2.75, 3.05) is 14.2 Å². The van der Waals surface area contributed by atoms with Crippen LogP contribution in [0.25, 0.3) is 0 Å². The molecule has 16 aliphatic heterocycles. The number of rotatable bonds is 20. The lowest BCUT2D eigenvalue weighted by Gasteiger charge is -2.56. The number of hydrogen-bond donors (Lipinski definition) is 2. The van der Waals surface area contributed by atoms with Gasteiger partial charge < -0.3 is 93.6 Å². The summed E-state index contributed by atoms with van der Waals surface area (Å²) in [5.74, 6) is 1.49. The van der Waals surface area contributed by atoms with E-state index in [1.807, 2.05) is 12.2 Å². The predicted molar refractivity (Wildman–Crippen MR) is 613 cm³/mol. The molecule has 10 saturated heterocycles. The van der Waals surface area contributed by atoms with E-state index in [1.165, 1.54) is 0 Å². The Bertz CT molecular complexity index is 4100. The molecule has 0 amide bonds. The van der Waals surface area contributed by atoms with Crippen LogP contribution in [0.15, 0.2) is 72.9 Å². The van der Waals surface area contributed by atoms with E-state index in [2.05, 4.69) is 283 Å². The van der Waals surface area contributed by atoms with Gasteiger partial charge in [0, 0.05) is 64.6 Å². The van der Waals surface area contributed by atoms with Crippen molar-refractivity contribution < 1.29 is 103 Å². The number of ketones is 2. The van der Waals surface area contributed by atoms with Crippen LogP contribution in [0.4, 0.5) is 0 Å². The van der Waals surface area contributed by atoms with Crippen molar-refractivity contribution in [3.8, 4) is 0 Å². The Kier molecular flexibility index (Phi) is 43.3. The van der Waals surface area contributed by atoms with E-state index in [9.17, 15) is 19.8 Å². The second-order valence-corrected chi connectivity index (χ2v) is 85.8. The third-order valence-electron chi connectivity index (χ3n) is 39.6. The topological polar surface area (TPSA) is 241 Å². The third-order valence-corrected chi connectivity index (χ3v) is 66.4. The molecule has 10 fully saturated rings. The summed E-state index contributed by atoms with van der Waals surface area (Å²) in [7, 11) is -11.5. The first-order valence-electron chi connectivity index (χ1n) is 58.5. The lowest BCUT2D eigenvalue weighted by Crippen LogP contribution is -2.69. The molecule has 852 valence electrons. The van der Waals surface area contributed by atoms with Gasteiger partial charge in [0.25, 0.3) is 0 Å². The summed E-state index contributed by atoms with van der Waals surface area (Å²) in [6.07, 6.45) is 16.6. The zero-order valence-electron chi connectivity index (χ0n) is 100. The minimum absolute atomic E-state index is 0.0206. The Morgan fingerprint density at radius 3 is 0.899 bits per heavy atom. The van der Waals surface area contributed by atoms with Gasteiger partial charge in [-0.25, -0.2) is 0 Å². The molecular weight excluding hydrogens is 1960 g/mol. The fraction of sp³-hybridized carbons (Fsp3) is 0.883. The van der Waals surface area contributed by atoms with E-state index in [4.69, 9.17) is 83.4 Å². The SMILES string of the molecule is C=C1CC2CCC(O)/C=C/[C@H](O[Si](C)(C)C(C)(C)C)[C@@H]3O[C@H]4CC[C@H](CC(=O)CC5[C@H](CC6O[C@@H](CCC1O2)C[C@@H](C)C6=C)O[C@H](CC(C)CC)[C@@H]5OC)O[C@@H]4[C@H](O[Si](C)(C)C(C)(C)C)[C@@H]3O[Si](C)(C)C(C)(C)C.C=C1C[C@@H]2CCC(O)/C=C/[C@H](O[Si](C)(C)C(C)(C)C)[C@@H]3O[C@H]4CC[C@H](CC(=O)CC5[C@H](CC6O[C@@H](CCC1O2)C[C@@H](C)C6=C)O[C@H](CC(C)CC)[C@@H]5OC)O[C@@H]4[C@H](O[Si](C)(C)C(C)(C)C)[C@@H]3O[Si](C)(C)C(C)(C)C. The number of aliphatic hydroxyl groups excluding tert-OH is 2. The fourth-order valence-electron chi connectivity index (χ4n) is 23.2. The number of hydrogen-bond acceptors (Lipinski definition) is 22. The van der Waals surface area contributed by atoms with Crippen LogP contribution in [0.3, 0.4) is 0 Å². The van der Waals surface area contributed by atoms with E-state index in [0.29, 0.717) is 88.9 Å². The van der Waals surface area contributed by atoms with Gasteiger partial charge in [-0.2, -0.15) is 0 Å². The van der Waals surface area contributed by atoms with Gasteiger partial charge in [0.15, 0.2) is 49.9 Å². The second-order valence-electron chi connectivity index (χ2n) is 57.3. The fourth-order valence-corrected chi connectivity index (χ4v) is 30.9. The molecule has 0 spiro atoms. The van der Waals surface area contributed by atoms with E-state index >= 15 is 0 Å². The Morgan fingerprint density at radius 1 is 0.324 bits per heavy atom. The van der Waals surface area contributed by atoms with Crippen LogP contribution >= 0.6 is 0 Å². The maximum Gasteiger partial charge on any atom is 0.193 e. The number of methoxy groups -OCH3 is 2. The van der Waals surface area contributed by atoms with Crippen LogP contribution in [0, 0.1) is 35.5 Å². The van der Waals surface area contributed by atoms with E-state index in [-0.39, 0.29) is 188 Å². The highest BCUT2D eigenvalue weighted by Gasteiger charge is 2.63. The molecule has 16 heterocycles. The van der Waals surface area contributed by atoms with E-state index in [1.54, 1.807) is 14.2 Å². The Balaban J connectivity index is 0.000000281. The molecule has 16 rings (SSSR count). The monoisotopic (exact) mass is 2180 g/mol. The van der Waals surface area contributed by atoms with Gasteiger partial charge in [-0.15, -0.1) is 0 Å². The van der Waals surface area contributed by atoms with Crippen LogP contribution in [0.5, 0.6) is 0 Å². The van der Waals surface area contributed by atoms with Gasteiger partial charge in [-0.1, -0.05) is 230 Å². The molecular formula is C120H216O22Si6. The van der Waals surface area contributed by atoms with Crippen LogP contribution < -0.4 is 0 Å². The zero-order chi connectivity index (χ0) is 110. The van der Waals surface area contributed by atoms with E-state index < -0.39 is 123 Å². The summed E-state index contributed by atoms with van der Waals surface area (Å²) in [6, 6.07) is 0. The summed E-state index contributed by atoms with van der Waals surface area (Å²) in [6.45, 7) is 100. The van der Waals surface area contributed by atoms with Crippen LogP contribution in [-0.4, -0.2) is 269 Å². The molecule has 0 aromatic carbocycles. The van der Waals surface area contributed by atoms with Gasteiger partial charge in [0.1, 0.15) is 60.4 Å². The minimum Gasteiger partial charge on any atom is -0.408 e. The molecule has 16 aliphatic rings. The number of aliphatic hydroxyl groups is 2. The number of carbonyl (C=O) groups is 2. The molecule has 0 saturated carbocycles. The van der Waals surface area contributed by atoms with Gasteiger partial charge in [0.05, 0.1) is 134 Å². The van der Waals surface area contributed by atoms with Crippen molar-refractivity contribution in [3.63, 3.8) is 0 Å². The smallest absolute Gasteiger partial charge is 0.193 e. The van der Waals surface area contributed by atoms with Gasteiger partial charge in [0.2, 0.25) is 0 Å². The van der Waals surface area contributed by atoms with Gasteiger partial charge >= 0.3 is 0 Å². The summed E-state index contributed by atoms with van der Waals surface area (Å²) in [4.78, 5) is 29.7. The Morgan fingerprint density at radius 2 is 0.601 bits per heavy atom. The first-order valence-corrected chi connectivity index (χ1v) is 75.9. The van der Waals surface area contributed by atoms with Crippen molar-refractivity contribution >= 4 is 61.5 Å². The lowest BCUT2D eigenvalue weighted by molar-refractivity contribution is -0.266. The molecule has 28 heteroatoms. The molecule has 0 radical (unpaired) electrons. The number of ether oxygens (including phenoxy) is 12. The molecule has 22 nitrogen and oxygen atoms in total. The molecule has 0 aliphatic carbocycles. The largest absolute Gasteiger partial charge is 0.408 e. The third kappa shape index (κ3) is 31.6. The first kappa shape index (κ1) is 126. The highest BCUT2D eigenvalue weighted by molar-refractivity contribution is 6.76. The van der Waals surface area contributed by atoms with Gasteiger partial charge in [-0.3, -0.25) is 9.59 Å². The standard InChI is InChI=1S/2C60H108O11Si3/c2*1-22-37(2)31-52-53(63-15)46-35-42(62)34-45-27-30-48-54(66-45)56(70-73(18,19)59(9,10)11)57(71-74(20,21)60(12,13)14)55(68-48)49(69-72(16,17)58(6,7)8)28-24-41(61)23-25-43-33-39(4)47(64-43)29-26-44-32-38(3)40(5)50(65-44)36-51(46)67-52/h2*24,28,37-38,41,43-57,61H,4-5,22-23,25-27,29-36H2,1-3,6-21H3/b2*28-24+/t37?,38-,41?,43?,44+,45-,46?,47?,48+,49+,50?,51+,52-,53-,54+,55+,56+,57-;37?,38-,41?,43+,44+,45-,46?,47?,48+,49+,50?,51+,52-,53-,54+,55+,56+,57-/m11/s1. The van der Waals surface area contributed by atoms with Crippen molar-refractivity contribution in [2.24, 2.45) is 35.5 Å². The quantitative estimate of drug-likeness (QED) is 0.0850. The van der Waals surface area contributed by atoms with Crippen LogP contribution in [0.1, 0.15) is 333 Å². The predicted octanol–water partition coefficient (Wildman–Crippen LogP) is 27.2. The summed E-state index contributed by atoms with van der Waals surface area (Å²) >= 11 is 0. The average molecular weight is 2180 g/mol. The first-order chi connectivity index (χ1) is 68.3. The average Bonchev–Trinajstić information content (AvgIpc) is 0.886. The van der Waals surface area contributed by atoms with Crippen molar-refractivity contribution in [3.05, 3.63) is 72.9 Å². The van der Waals surface area contributed by atoms with Crippen molar-refractivity contribution in [2.45, 2.75) is 625 Å². The highest BCUT2D eigenvalue weighted by atomic mass is 28.4. The number of carbonyl (C=O) groups excluding carboxylic acids is 2. The van der Waals surface area contributed by atoms with Crippen molar-refractivity contribution in [1.29, 1.82) is 0 Å². The molecule has 0 aromatic heterocycles. The second kappa shape index (κ2) is 50.7. The molecule has 36 atom stereocenters. The molecule has 0 aromatic rings. The maximum atomic E-state index is 14.9. The normalized spacial score (nSPS) is 38.8. The maximum absolute atomic E-state index is 14.9. The summed E-state index contributed by atoms with van der Waals surface area (Å²) in [5.41, 5.74) is 4.43. The molecule has 2 N–H and O–H groups in total. The van der Waals surface area contributed by atoms with Crippen molar-refractivity contribution in [1.82, 2.24) is 0 Å². The van der Waals surface area contributed by atoms with E-state index in [0.717, 1.165) is 99.3 Å². The Labute approximate surface area is 906 Å². The lowest BCUT2D eigenvalue weighted by atomic mass is 9.81. The molecule has 11 unspecified atom stereocenters. The summed E-state index contributed by atoms with van der Waals surface area (Å²) in [5, 5.41) is 23.0. The minimum atomic E-state index is -2.53. The summed E-state index contributed by atoms with van der Waals surface area (Å²) < 4.78 is 130. The Hall–Kier alpha value is -1.72. The van der Waals surface area contributed by atoms with Crippen LogP contribution in [0.2, 0.25) is 109 Å². The van der Waals surface area contributed by atoms with Gasteiger partial charge in [-0.05, 0) is 270 Å². The molecule has 16 bridgehead atoms. The van der Waals surface area contributed by atoms with Crippen LogP contribution in [-0.2, 0) is 93.0 Å². The number of Topliss-reactive ketones (excluding diaryl/α,β-unsaturated/α-hetero) is 2. The zero-order valence-corrected chi connectivity index (χ0v) is 106. The number of fused-ring (bicyclic) bond motifs is 4.